The molecular formula is C11H21NO+. The fourth-order valence-electron chi connectivity index (χ4n) is 2.11. The molecule has 0 heterocycles. The zero-order valence-corrected chi connectivity index (χ0v) is 8.83. The number of rotatable bonds is 4. The van der Waals surface area contributed by atoms with Crippen molar-refractivity contribution in [2.45, 2.75) is 52.0 Å². The average Bonchev–Trinajstić information content (AvgIpc) is 2.15. The zero-order valence-electron chi connectivity index (χ0n) is 8.83. The Kier molecular flexibility index (Phi) is 4.43. The Balaban J connectivity index is 2.39. The molecule has 1 aliphatic carbocycles. The van der Waals surface area contributed by atoms with Gasteiger partial charge in [0.15, 0.2) is 0 Å². The minimum absolute atomic E-state index is 0.536. The summed E-state index contributed by atoms with van der Waals surface area (Å²) in [7, 11) is 0. The quantitative estimate of drug-likeness (QED) is 0.484. The predicted octanol–water partition coefficient (Wildman–Crippen LogP) is 2.27. The molecule has 0 N–H and O–H groups in total. The topological polar surface area (TPSA) is 23.0 Å². The lowest BCUT2D eigenvalue weighted by Gasteiger charge is -2.22. The van der Waals surface area contributed by atoms with Crippen LogP contribution in [0, 0.1) is 5.92 Å². The van der Waals surface area contributed by atoms with Gasteiger partial charge in [0.1, 0.15) is 12.6 Å². The third-order valence-electron chi connectivity index (χ3n) is 2.76. The van der Waals surface area contributed by atoms with Gasteiger partial charge in [-0.3, -0.25) is 0 Å². The highest BCUT2D eigenvalue weighted by Gasteiger charge is 2.29. The first-order chi connectivity index (χ1) is 6.24. The molecule has 0 aromatic heterocycles. The molecule has 1 amide bonds. The van der Waals surface area contributed by atoms with Gasteiger partial charge in [0.05, 0.1) is 0 Å². The third-order valence-corrected chi connectivity index (χ3v) is 2.76. The summed E-state index contributed by atoms with van der Waals surface area (Å²) in [6.07, 6.45) is 7.41. The Bertz CT molecular complexity index is 150. The van der Waals surface area contributed by atoms with Gasteiger partial charge in [-0.1, -0.05) is 20.3 Å². The molecule has 0 aliphatic heterocycles. The summed E-state index contributed by atoms with van der Waals surface area (Å²) >= 11 is 0. The predicted molar refractivity (Wildman–Crippen MR) is 54.8 cm³/mol. The molecule has 2 nitrogen and oxygen atoms in total. The van der Waals surface area contributed by atoms with Crippen molar-refractivity contribution in [3.63, 3.8) is 0 Å². The summed E-state index contributed by atoms with van der Waals surface area (Å²) in [4.78, 5) is 12.9. The molecule has 1 saturated carbocycles. The van der Waals surface area contributed by atoms with Gasteiger partial charge in [-0.2, -0.15) is 0 Å². The van der Waals surface area contributed by atoms with E-state index < -0.39 is 0 Å². The van der Waals surface area contributed by atoms with E-state index in [-0.39, 0.29) is 0 Å². The molecule has 0 aromatic rings. The van der Waals surface area contributed by atoms with E-state index in [0.29, 0.717) is 12.0 Å². The maximum Gasteiger partial charge on any atom is 0.349 e. The van der Waals surface area contributed by atoms with Crippen molar-refractivity contribution in [1.29, 1.82) is 0 Å². The Hall–Kier alpha value is -0.370. The number of amides is 1. The number of hydrogen-bond acceptors (Lipinski definition) is 1. The van der Waals surface area contributed by atoms with Crippen LogP contribution < -0.4 is 4.90 Å². The summed E-state index contributed by atoms with van der Waals surface area (Å²) in [5.74, 6) is 0.590. The lowest BCUT2D eigenvalue weighted by molar-refractivity contribution is -0.115. The molecular weight excluding hydrogens is 162 g/mol. The lowest BCUT2D eigenvalue weighted by Crippen LogP contribution is -2.43. The van der Waals surface area contributed by atoms with E-state index in [0.717, 1.165) is 13.0 Å². The van der Waals surface area contributed by atoms with Gasteiger partial charge in [0.2, 0.25) is 0 Å². The van der Waals surface area contributed by atoms with Crippen LogP contribution in [0.15, 0.2) is 0 Å². The van der Waals surface area contributed by atoms with Crippen LogP contribution in [-0.4, -0.2) is 19.0 Å². The standard InChI is InChI=1S/C11H21NO/c1-10(2)8-12(9-13)11-6-4-3-5-7-11/h9-11H,3-8H2,1-2H3/q+1. The highest BCUT2D eigenvalue weighted by Crippen LogP contribution is 2.20. The number of hydrogen-bond donors (Lipinski definition) is 0. The summed E-state index contributed by atoms with van der Waals surface area (Å²) in [6, 6.07) is 0.536. The molecule has 2 heteroatoms. The maximum atomic E-state index is 10.9. The fraction of sp³-hybridized carbons (Fsp3) is 0.909. The molecule has 0 saturated heterocycles. The van der Waals surface area contributed by atoms with Crippen molar-refractivity contribution in [1.82, 2.24) is 4.90 Å². The van der Waals surface area contributed by atoms with Gasteiger partial charge >= 0.3 is 6.41 Å². The summed E-state index contributed by atoms with van der Waals surface area (Å²) in [5, 5.41) is 0. The van der Waals surface area contributed by atoms with Crippen LogP contribution >= 0.6 is 0 Å². The smallest absolute Gasteiger partial charge is 0.228 e. The first-order valence-corrected chi connectivity index (χ1v) is 5.45. The number of carbonyl (C=O) groups is 1. The lowest BCUT2D eigenvalue weighted by atomic mass is 9.94. The molecule has 0 bridgehead atoms. The molecule has 0 atom stereocenters. The van der Waals surface area contributed by atoms with E-state index in [9.17, 15) is 4.79 Å². The van der Waals surface area contributed by atoms with Crippen LogP contribution in [0.5, 0.6) is 0 Å². The third kappa shape index (κ3) is 3.47. The fourth-order valence-corrected chi connectivity index (χ4v) is 2.11. The summed E-state index contributed by atoms with van der Waals surface area (Å²) in [6.45, 7) is 5.26. The van der Waals surface area contributed by atoms with Crippen LogP contribution in [0.25, 0.3) is 0 Å². The molecule has 1 radical (unpaired) electrons. The van der Waals surface area contributed by atoms with Crippen molar-refractivity contribution in [2.75, 3.05) is 6.54 Å². The highest BCUT2D eigenvalue weighted by molar-refractivity contribution is 5.51. The normalized spacial score (nSPS) is 19.7. The van der Waals surface area contributed by atoms with E-state index in [4.69, 9.17) is 0 Å². The minimum atomic E-state index is 0.536. The van der Waals surface area contributed by atoms with Crippen molar-refractivity contribution in [2.24, 2.45) is 5.92 Å². The van der Waals surface area contributed by atoms with Gasteiger partial charge < -0.3 is 0 Å². The van der Waals surface area contributed by atoms with Crippen molar-refractivity contribution in [3.8, 4) is 0 Å². The number of nitrogens with zero attached hydrogens (tertiary/aromatic N) is 1. The summed E-state index contributed by atoms with van der Waals surface area (Å²) in [5.41, 5.74) is 0. The Morgan fingerprint density at radius 1 is 1.31 bits per heavy atom. The van der Waals surface area contributed by atoms with Crippen molar-refractivity contribution >= 4 is 6.41 Å². The van der Waals surface area contributed by atoms with E-state index >= 15 is 0 Å². The van der Waals surface area contributed by atoms with Gasteiger partial charge in [-0.25, -0.2) is 4.79 Å². The van der Waals surface area contributed by atoms with E-state index in [1.807, 2.05) is 4.90 Å². The second-order valence-electron chi connectivity index (χ2n) is 4.49. The van der Waals surface area contributed by atoms with Gasteiger partial charge in [0.25, 0.3) is 0 Å². The first kappa shape index (κ1) is 10.7. The monoisotopic (exact) mass is 183 g/mol. The second-order valence-corrected chi connectivity index (χ2v) is 4.49. The molecule has 1 aliphatic rings. The van der Waals surface area contributed by atoms with Gasteiger partial charge in [-0.15, -0.1) is 4.90 Å². The zero-order chi connectivity index (χ0) is 9.68. The summed E-state index contributed by atoms with van der Waals surface area (Å²) < 4.78 is 0. The maximum absolute atomic E-state index is 10.9. The van der Waals surface area contributed by atoms with Crippen LogP contribution in [0.1, 0.15) is 46.0 Å². The largest absolute Gasteiger partial charge is 0.349 e. The van der Waals surface area contributed by atoms with Crippen LogP contribution in [0.2, 0.25) is 0 Å². The van der Waals surface area contributed by atoms with Gasteiger partial charge in [0, 0.05) is 18.8 Å². The molecule has 0 aromatic carbocycles. The van der Waals surface area contributed by atoms with Crippen molar-refractivity contribution in [3.05, 3.63) is 0 Å². The van der Waals surface area contributed by atoms with Crippen LogP contribution in [-0.2, 0) is 4.79 Å². The Morgan fingerprint density at radius 2 is 1.92 bits per heavy atom. The second kappa shape index (κ2) is 5.38. The Labute approximate surface area is 81.3 Å². The molecule has 1 rings (SSSR count). The number of carbonyl (C=O) groups excluding carboxylic acids is 1. The molecule has 75 valence electrons. The van der Waals surface area contributed by atoms with E-state index in [1.54, 1.807) is 0 Å². The Morgan fingerprint density at radius 3 is 2.38 bits per heavy atom. The first-order valence-electron chi connectivity index (χ1n) is 5.45. The highest BCUT2D eigenvalue weighted by atomic mass is 16.1. The van der Waals surface area contributed by atoms with Crippen molar-refractivity contribution < 1.29 is 4.79 Å². The molecule has 0 spiro atoms. The molecule has 1 fully saturated rings. The average molecular weight is 183 g/mol. The minimum Gasteiger partial charge on any atom is -0.228 e. The molecule has 0 unspecified atom stereocenters. The van der Waals surface area contributed by atoms with Crippen LogP contribution in [0.4, 0.5) is 0 Å². The van der Waals surface area contributed by atoms with E-state index in [1.165, 1.54) is 32.1 Å². The van der Waals surface area contributed by atoms with E-state index in [2.05, 4.69) is 13.8 Å². The SMILES string of the molecule is CC(C)C[N+](C=O)C1CCCCC1. The van der Waals surface area contributed by atoms with Crippen LogP contribution in [0.3, 0.4) is 0 Å². The van der Waals surface area contributed by atoms with Gasteiger partial charge in [-0.05, 0) is 12.8 Å². The molecule has 13 heavy (non-hydrogen) atoms.